The van der Waals surface area contributed by atoms with Gasteiger partial charge in [-0.05, 0) is 25.0 Å². The van der Waals surface area contributed by atoms with Crippen LogP contribution in [0.3, 0.4) is 0 Å². The fraction of sp³-hybridized carbons (Fsp3) is 0.462. The summed E-state index contributed by atoms with van der Waals surface area (Å²) in [7, 11) is 0. The van der Waals surface area contributed by atoms with Crippen LogP contribution in [0.2, 0.25) is 0 Å². The van der Waals surface area contributed by atoms with Crippen molar-refractivity contribution in [2.75, 3.05) is 10.0 Å². The highest BCUT2D eigenvalue weighted by molar-refractivity contribution is 7.85. The van der Waals surface area contributed by atoms with Crippen molar-refractivity contribution in [1.29, 1.82) is 0 Å². The van der Waals surface area contributed by atoms with E-state index in [4.69, 9.17) is 5.73 Å². The van der Waals surface area contributed by atoms with Crippen LogP contribution < -0.4 is 15.8 Å². The first-order chi connectivity index (χ1) is 9.24. The maximum Gasteiger partial charge on any atom is 0.245 e. The number of nitrogens with two attached hydrogens (primary N) is 1. The maximum absolute atomic E-state index is 11.4. The smallest absolute Gasteiger partial charge is 0.245 e. The fourth-order valence-corrected chi connectivity index (χ4v) is 3.43. The number of rotatable bonds is 2. The topological polar surface area (TPSA) is 79.5 Å². The molecule has 0 saturated heterocycles. The molecule has 1 heterocycles. The average molecular weight is 278 g/mol. The molecule has 1 fully saturated rings. The van der Waals surface area contributed by atoms with Gasteiger partial charge in [0.2, 0.25) is 11.2 Å². The van der Waals surface area contributed by atoms with Gasteiger partial charge in [0.25, 0.3) is 0 Å². The highest BCUT2D eigenvalue weighted by Gasteiger charge is 2.21. The van der Waals surface area contributed by atoms with E-state index in [1.54, 1.807) is 0 Å². The molecule has 0 spiro atoms. The first-order valence-corrected chi connectivity index (χ1v) is 7.77. The molecule has 102 valence electrons. The van der Waals surface area contributed by atoms with E-state index in [0.717, 1.165) is 16.9 Å². The summed E-state index contributed by atoms with van der Waals surface area (Å²) in [6.07, 6.45) is 6.27. The first kappa shape index (κ1) is 12.5. The van der Waals surface area contributed by atoms with E-state index in [2.05, 4.69) is 14.4 Å². The molecular weight excluding hydrogens is 260 g/mol. The molecule has 19 heavy (non-hydrogen) atoms. The molecule has 1 saturated carbocycles. The Labute approximate surface area is 115 Å². The fourth-order valence-electron chi connectivity index (χ4n) is 2.75. The monoisotopic (exact) mass is 278 g/mol. The number of amidine groups is 1. The van der Waals surface area contributed by atoms with E-state index in [1.165, 1.54) is 32.1 Å². The predicted molar refractivity (Wildman–Crippen MR) is 79.4 cm³/mol. The third kappa shape index (κ3) is 2.58. The molecule has 1 aliphatic carbocycles. The van der Waals surface area contributed by atoms with Gasteiger partial charge < -0.3 is 11.1 Å². The molecule has 5 nitrogen and oxygen atoms in total. The highest BCUT2D eigenvalue weighted by atomic mass is 32.2. The number of hydrogen-bond acceptors (Lipinski definition) is 3. The van der Waals surface area contributed by atoms with Crippen LogP contribution in [0.15, 0.2) is 22.6 Å². The molecule has 4 N–H and O–H groups in total. The lowest BCUT2D eigenvalue weighted by Gasteiger charge is -2.26. The minimum absolute atomic E-state index is 0.339. The Morgan fingerprint density at radius 1 is 1.32 bits per heavy atom. The third-order valence-electron chi connectivity index (χ3n) is 3.66. The Bertz CT molecular complexity index is 537. The van der Waals surface area contributed by atoms with Crippen LogP contribution in [0.25, 0.3) is 0 Å². The standard InChI is InChI=1S/C13H18N4OS/c14-13-12-10(15-9-5-2-1-3-6-9)7-4-8-11(12)16-19(18)17-13/h4,7-9,15-16H,1-3,5-6H2,(H2,14,17). The molecule has 3 rings (SSSR count). The molecule has 1 atom stereocenters. The normalized spacial score (nSPS) is 23.2. The van der Waals surface area contributed by atoms with Crippen molar-refractivity contribution in [1.82, 2.24) is 0 Å². The largest absolute Gasteiger partial charge is 0.382 e. The lowest BCUT2D eigenvalue weighted by Crippen LogP contribution is -2.28. The number of nitrogens with one attached hydrogen (secondary N) is 2. The minimum atomic E-state index is -1.46. The number of benzene rings is 1. The molecule has 0 bridgehead atoms. The number of hydrogen-bond donors (Lipinski definition) is 3. The zero-order valence-electron chi connectivity index (χ0n) is 10.7. The van der Waals surface area contributed by atoms with Gasteiger partial charge in [0, 0.05) is 11.7 Å². The Morgan fingerprint density at radius 3 is 2.89 bits per heavy atom. The van der Waals surface area contributed by atoms with Gasteiger partial charge in [-0.2, -0.15) is 4.40 Å². The van der Waals surface area contributed by atoms with E-state index >= 15 is 0 Å². The molecule has 1 aromatic rings. The van der Waals surface area contributed by atoms with Gasteiger partial charge in [-0.25, -0.2) is 4.21 Å². The molecular formula is C13H18N4OS. The molecule has 6 heteroatoms. The van der Waals surface area contributed by atoms with Crippen molar-refractivity contribution in [3.05, 3.63) is 23.8 Å². The van der Waals surface area contributed by atoms with Crippen LogP contribution in [0.5, 0.6) is 0 Å². The minimum Gasteiger partial charge on any atom is -0.382 e. The molecule has 1 aromatic carbocycles. The predicted octanol–water partition coefficient (Wildman–Crippen LogP) is 2.14. The van der Waals surface area contributed by atoms with Crippen molar-refractivity contribution in [3.8, 4) is 0 Å². The Balaban J connectivity index is 1.89. The van der Waals surface area contributed by atoms with Crippen molar-refractivity contribution in [2.24, 2.45) is 10.1 Å². The molecule has 2 aliphatic rings. The number of fused-ring (bicyclic) bond motifs is 1. The first-order valence-electron chi connectivity index (χ1n) is 6.66. The second-order valence-corrected chi connectivity index (χ2v) is 5.92. The number of nitrogens with zero attached hydrogens (tertiary/aromatic N) is 1. The zero-order valence-corrected chi connectivity index (χ0v) is 11.5. The van der Waals surface area contributed by atoms with Crippen molar-refractivity contribution < 1.29 is 4.21 Å². The van der Waals surface area contributed by atoms with Gasteiger partial charge in [0.15, 0.2) is 0 Å². The summed E-state index contributed by atoms with van der Waals surface area (Å²) in [5.41, 5.74) is 8.53. The maximum atomic E-state index is 11.4. The van der Waals surface area contributed by atoms with Crippen LogP contribution in [-0.2, 0) is 11.2 Å². The van der Waals surface area contributed by atoms with Crippen LogP contribution in [-0.4, -0.2) is 16.1 Å². The summed E-state index contributed by atoms with van der Waals surface area (Å²) in [6, 6.07) is 6.32. The Kier molecular flexibility index (Phi) is 3.42. The van der Waals surface area contributed by atoms with E-state index in [-0.39, 0.29) is 0 Å². The second-order valence-electron chi connectivity index (χ2n) is 5.04. The quantitative estimate of drug-likeness (QED) is 0.775. The van der Waals surface area contributed by atoms with Gasteiger partial charge in [0.05, 0.1) is 11.3 Å². The van der Waals surface area contributed by atoms with Gasteiger partial charge in [0.1, 0.15) is 5.84 Å². The van der Waals surface area contributed by atoms with E-state index in [1.807, 2.05) is 18.2 Å². The Morgan fingerprint density at radius 2 is 2.11 bits per heavy atom. The molecule has 1 aliphatic heterocycles. The zero-order chi connectivity index (χ0) is 13.2. The van der Waals surface area contributed by atoms with Gasteiger partial charge >= 0.3 is 0 Å². The summed E-state index contributed by atoms with van der Waals surface area (Å²) in [6.45, 7) is 0. The highest BCUT2D eigenvalue weighted by Crippen LogP contribution is 2.30. The summed E-state index contributed by atoms with van der Waals surface area (Å²) in [5.74, 6) is 0.339. The van der Waals surface area contributed by atoms with Crippen LogP contribution in [0.4, 0.5) is 11.4 Å². The summed E-state index contributed by atoms with van der Waals surface area (Å²) in [4.78, 5) is 0. The second kappa shape index (κ2) is 5.21. The Hall–Kier alpha value is -1.56. The lowest BCUT2D eigenvalue weighted by molar-refractivity contribution is 0.462. The third-order valence-corrected chi connectivity index (χ3v) is 4.42. The summed E-state index contributed by atoms with van der Waals surface area (Å²) < 4.78 is 18.2. The van der Waals surface area contributed by atoms with E-state index in [0.29, 0.717) is 11.9 Å². The van der Waals surface area contributed by atoms with Gasteiger partial charge in [-0.3, -0.25) is 4.72 Å². The average Bonchev–Trinajstić information content (AvgIpc) is 2.39. The van der Waals surface area contributed by atoms with Crippen molar-refractivity contribution in [3.63, 3.8) is 0 Å². The van der Waals surface area contributed by atoms with Crippen LogP contribution >= 0.6 is 0 Å². The van der Waals surface area contributed by atoms with Crippen molar-refractivity contribution in [2.45, 2.75) is 38.1 Å². The van der Waals surface area contributed by atoms with Gasteiger partial charge in [-0.1, -0.05) is 25.3 Å². The van der Waals surface area contributed by atoms with Gasteiger partial charge in [-0.15, -0.1) is 0 Å². The molecule has 0 amide bonds. The number of anilines is 2. The molecule has 0 radical (unpaired) electrons. The lowest BCUT2D eigenvalue weighted by atomic mass is 9.95. The summed E-state index contributed by atoms with van der Waals surface area (Å²) in [5, 5.41) is 3.55. The molecule has 1 unspecified atom stereocenters. The summed E-state index contributed by atoms with van der Waals surface area (Å²) >= 11 is -1.46. The SMILES string of the molecule is NC1=NS(=O)Nc2cccc(NC3CCCCC3)c21. The van der Waals surface area contributed by atoms with E-state index in [9.17, 15) is 4.21 Å². The van der Waals surface area contributed by atoms with Crippen LogP contribution in [0, 0.1) is 0 Å². The van der Waals surface area contributed by atoms with Crippen molar-refractivity contribution >= 4 is 28.4 Å². The van der Waals surface area contributed by atoms with Crippen LogP contribution in [0.1, 0.15) is 37.7 Å². The molecule has 0 aromatic heterocycles. The van der Waals surface area contributed by atoms with E-state index < -0.39 is 11.2 Å².